The van der Waals surface area contributed by atoms with Gasteiger partial charge >= 0.3 is 17.9 Å². The molecule has 0 aliphatic rings. The molecule has 0 heterocycles. The van der Waals surface area contributed by atoms with E-state index < -0.39 is 72.6 Å². The Kier molecular flexibility index (Phi) is 16.0. The van der Waals surface area contributed by atoms with Crippen LogP contribution in [0, 0.1) is 0 Å². The van der Waals surface area contributed by atoms with E-state index in [0.717, 1.165) is 0 Å². The number of thioether (sulfide) groups is 1. The number of amides is 3. The monoisotopic (exact) mass is 549 g/mol. The first-order valence-corrected chi connectivity index (χ1v) is 12.5. The van der Waals surface area contributed by atoms with E-state index in [1.54, 1.807) is 6.26 Å². The summed E-state index contributed by atoms with van der Waals surface area (Å²) in [6.45, 7) is 0.115. The second-order valence-electron chi connectivity index (χ2n) is 7.89. The van der Waals surface area contributed by atoms with Crippen molar-refractivity contribution in [3.63, 3.8) is 0 Å². The molecule has 0 aromatic heterocycles. The first kappa shape index (κ1) is 33.4. The summed E-state index contributed by atoms with van der Waals surface area (Å²) in [7, 11) is 0. The second kappa shape index (κ2) is 17.8. The molecule has 0 rings (SSSR count). The maximum absolute atomic E-state index is 13.0. The van der Waals surface area contributed by atoms with Crippen molar-refractivity contribution in [2.45, 2.75) is 62.7 Å². The van der Waals surface area contributed by atoms with Crippen LogP contribution in [-0.4, -0.2) is 99.6 Å². The van der Waals surface area contributed by atoms with Crippen molar-refractivity contribution in [1.82, 2.24) is 16.0 Å². The molecule has 0 aliphatic heterocycles. The van der Waals surface area contributed by atoms with Crippen LogP contribution < -0.4 is 33.2 Å². The summed E-state index contributed by atoms with van der Waals surface area (Å²) in [5.74, 6) is -6.35. The van der Waals surface area contributed by atoms with E-state index in [2.05, 4.69) is 20.9 Å². The van der Waals surface area contributed by atoms with Gasteiger partial charge in [0.15, 0.2) is 5.96 Å². The molecule has 4 unspecified atom stereocenters. The largest absolute Gasteiger partial charge is 0.481 e. The normalized spacial score (nSPS) is 13.8. The van der Waals surface area contributed by atoms with Crippen LogP contribution >= 0.6 is 11.8 Å². The topological polar surface area (TPSA) is 290 Å². The maximum Gasteiger partial charge on any atom is 0.326 e. The molecule has 0 aliphatic carbocycles. The molecule has 0 saturated heterocycles. The molecule has 16 nitrogen and oxygen atoms in total. The van der Waals surface area contributed by atoms with Crippen molar-refractivity contribution < 1.29 is 44.1 Å². The minimum atomic E-state index is -1.50. The van der Waals surface area contributed by atoms with Gasteiger partial charge in [0.05, 0.1) is 12.5 Å². The molecule has 12 N–H and O–H groups in total. The highest BCUT2D eigenvalue weighted by Gasteiger charge is 2.30. The summed E-state index contributed by atoms with van der Waals surface area (Å²) in [6.07, 6.45) is 0.519. The molecule has 0 fully saturated rings. The number of hydrogen-bond acceptors (Lipinski definition) is 9. The van der Waals surface area contributed by atoms with Gasteiger partial charge in [-0.05, 0) is 37.7 Å². The van der Waals surface area contributed by atoms with Crippen molar-refractivity contribution in [2.24, 2.45) is 22.2 Å². The Morgan fingerprint density at radius 2 is 1.35 bits per heavy atom. The van der Waals surface area contributed by atoms with Gasteiger partial charge in [-0.3, -0.25) is 29.0 Å². The van der Waals surface area contributed by atoms with Gasteiger partial charge in [-0.15, -0.1) is 0 Å². The van der Waals surface area contributed by atoms with Crippen LogP contribution in [0.15, 0.2) is 4.99 Å². The fourth-order valence-electron chi connectivity index (χ4n) is 2.91. The lowest BCUT2D eigenvalue weighted by Gasteiger charge is -2.25. The highest BCUT2D eigenvalue weighted by molar-refractivity contribution is 7.98. The van der Waals surface area contributed by atoms with Crippen LogP contribution in [0.1, 0.15) is 38.5 Å². The van der Waals surface area contributed by atoms with E-state index in [9.17, 15) is 33.9 Å². The average Bonchev–Trinajstić information content (AvgIpc) is 2.79. The zero-order chi connectivity index (χ0) is 28.5. The summed E-state index contributed by atoms with van der Waals surface area (Å²) in [5, 5.41) is 34.0. The summed E-state index contributed by atoms with van der Waals surface area (Å²) in [4.78, 5) is 75.0. The third kappa shape index (κ3) is 15.2. The molecular weight excluding hydrogens is 514 g/mol. The van der Waals surface area contributed by atoms with E-state index in [-0.39, 0.29) is 38.2 Å². The van der Waals surface area contributed by atoms with Crippen molar-refractivity contribution in [3.8, 4) is 0 Å². The van der Waals surface area contributed by atoms with Gasteiger partial charge in [0, 0.05) is 13.0 Å². The van der Waals surface area contributed by atoms with Gasteiger partial charge in [-0.25, -0.2) is 4.79 Å². The van der Waals surface area contributed by atoms with Gasteiger partial charge in [0.25, 0.3) is 0 Å². The molecule has 0 aromatic carbocycles. The molecule has 17 heteroatoms. The lowest BCUT2D eigenvalue weighted by molar-refractivity contribution is -0.143. The van der Waals surface area contributed by atoms with Crippen LogP contribution in [0.3, 0.4) is 0 Å². The minimum Gasteiger partial charge on any atom is -0.481 e. The quantitative estimate of drug-likeness (QED) is 0.0441. The van der Waals surface area contributed by atoms with Crippen LogP contribution in [0.25, 0.3) is 0 Å². The Hall–Kier alpha value is -3.60. The molecule has 0 spiro atoms. The van der Waals surface area contributed by atoms with Gasteiger partial charge in [-0.1, -0.05) is 0 Å². The molecule has 0 aromatic rings. The van der Waals surface area contributed by atoms with Crippen LogP contribution in [-0.2, 0) is 28.8 Å². The molecule has 37 heavy (non-hydrogen) atoms. The lowest BCUT2D eigenvalue weighted by atomic mass is 10.1. The predicted octanol–water partition coefficient (Wildman–Crippen LogP) is -3.00. The summed E-state index contributed by atoms with van der Waals surface area (Å²) >= 11 is 1.36. The van der Waals surface area contributed by atoms with Crippen molar-refractivity contribution in [2.75, 3.05) is 18.6 Å². The number of carbonyl (C=O) groups excluding carboxylic acids is 3. The summed E-state index contributed by atoms with van der Waals surface area (Å²) < 4.78 is 0. The zero-order valence-corrected chi connectivity index (χ0v) is 21.2. The van der Waals surface area contributed by atoms with E-state index in [4.69, 9.17) is 27.4 Å². The first-order valence-electron chi connectivity index (χ1n) is 11.2. The van der Waals surface area contributed by atoms with Crippen molar-refractivity contribution in [3.05, 3.63) is 0 Å². The number of rotatable bonds is 19. The van der Waals surface area contributed by atoms with E-state index in [0.29, 0.717) is 5.75 Å². The molecule has 0 saturated carbocycles. The number of nitrogens with zero attached hydrogens (tertiary/aromatic N) is 1. The summed E-state index contributed by atoms with van der Waals surface area (Å²) in [5.41, 5.74) is 16.1. The standard InChI is InChI=1S/C20H35N7O9S/c1-37-8-6-12(18(34)27-13(19(35)36)4-5-14(28)29)26-17(33)11(3-2-7-24-20(22)23)25-16(32)10(21)9-15(30)31/h10-13H,2-9,21H2,1H3,(H,25,32)(H,26,33)(H,27,34)(H,28,29)(H,30,31)(H,35,36)(H4,22,23,24). The minimum absolute atomic E-state index is 0.00136. The van der Waals surface area contributed by atoms with Gasteiger partial charge in [0.2, 0.25) is 17.7 Å². The lowest BCUT2D eigenvalue weighted by Crippen LogP contribution is -2.57. The Bertz CT molecular complexity index is 852. The van der Waals surface area contributed by atoms with Crippen molar-refractivity contribution in [1.29, 1.82) is 0 Å². The fraction of sp³-hybridized carbons (Fsp3) is 0.650. The number of hydrogen-bond donors (Lipinski definition) is 9. The number of aliphatic carboxylic acids is 3. The van der Waals surface area contributed by atoms with Crippen LogP contribution in [0.4, 0.5) is 0 Å². The smallest absolute Gasteiger partial charge is 0.326 e. The fourth-order valence-corrected chi connectivity index (χ4v) is 3.38. The SMILES string of the molecule is CSCCC(NC(=O)C(CCCN=C(N)N)NC(=O)C(N)CC(=O)O)C(=O)NC(CCC(=O)O)C(=O)O. The number of nitrogens with two attached hydrogens (primary N) is 3. The zero-order valence-electron chi connectivity index (χ0n) is 20.3. The molecular formula is C20H35N7O9S. The summed E-state index contributed by atoms with van der Waals surface area (Å²) in [6, 6.07) is -5.39. The first-order chi connectivity index (χ1) is 17.3. The number of carboxylic acids is 3. The maximum atomic E-state index is 13.0. The number of guanidine groups is 1. The van der Waals surface area contributed by atoms with Crippen LogP contribution in [0.5, 0.6) is 0 Å². The highest BCUT2D eigenvalue weighted by atomic mass is 32.2. The Balaban J connectivity index is 5.60. The molecule has 210 valence electrons. The number of carboxylic acid groups (broad SMARTS) is 3. The van der Waals surface area contributed by atoms with E-state index in [1.807, 2.05) is 0 Å². The van der Waals surface area contributed by atoms with Gasteiger partial charge in [-0.2, -0.15) is 11.8 Å². The predicted molar refractivity (Wildman–Crippen MR) is 133 cm³/mol. The average molecular weight is 550 g/mol. The Morgan fingerprint density at radius 3 is 1.84 bits per heavy atom. The number of carbonyl (C=O) groups is 6. The van der Waals surface area contributed by atoms with E-state index >= 15 is 0 Å². The second-order valence-corrected chi connectivity index (χ2v) is 8.87. The third-order valence-corrected chi connectivity index (χ3v) is 5.46. The molecule has 0 radical (unpaired) electrons. The number of aliphatic imine (C=N–C) groups is 1. The highest BCUT2D eigenvalue weighted by Crippen LogP contribution is 2.07. The van der Waals surface area contributed by atoms with Gasteiger partial charge < -0.3 is 48.5 Å². The van der Waals surface area contributed by atoms with E-state index in [1.165, 1.54) is 11.8 Å². The number of nitrogens with one attached hydrogen (secondary N) is 3. The van der Waals surface area contributed by atoms with Crippen molar-refractivity contribution >= 4 is 53.4 Å². The third-order valence-electron chi connectivity index (χ3n) is 4.81. The molecule has 3 amide bonds. The Morgan fingerprint density at radius 1 is 0.811 bits per heavy atom. The van der Waals surface area contributed by atoms with Crippen LogP contribution in [0.2, 0.25) is 0 Å². The van der Waals surface area contributed by atoms with Gasteiger partial charge in [0.1, 0.15) is 18.1 Å². The Labute approximate surface area is 217 Å². The molecule has 4 atom stereocenters. The molecule has 0 bridgehead atoms.